The van der Waals surface area contributed by atoms with Gasteiger partial charge < -0.3 is 14.5 Å². The van der Waals surface area contributed by atoms with Crippen molar-refractivity contribution in [2.24, 2.45) is 0 Å². The van der Waals surface area contributed by atoms with Crippen molar-refractivity contribution in [3.05, 3.63) is 30.3 Å². The first-order valence-corrected chi connectivity index (χ1v) is 10.6. The highest BCUT2D eigenvalue weighted by Gasteiger charge is 2.37. The minimum atomic E-state index is -3.50. The molecule has 0 aromatic heterocycles. The van der Waals surface area contributed by atoms with Crippen LogP contribution in [-0.4, -0.2) is 74.7 Å². The van der Waals surface area contributed by atoms with Gasteiger partial charge in [-0.05, 0) is 25.0 Å². The molecule has 0 aliphatic carbocycles. The molecule has 2 heterocycles. The first-order valence-electron chi connectivity index (χ1n) is 8.93. The zero-order valence-electron chi connectivity index (χ0n) is 14.7. The van der Waals surface area contributed by atoms with Crippen LogP contribution in [0.2, 0.25) is 0 Å². The molecule has 0 spiro atoms. The molecular weight excluding hydrogens is 356 g/mol. The number of likely N-dealkylation sites (tertiary alicyclic amines) is 1. The van der Waals surface area contributed by atoms with E-state index < -0.39 is 15.9 Å². The molecule has 2 amide bonds. The molecule has 2 fully saturated rings. The zero-order valence-corrected chi connectivity index (χ0v) is 15.5. The molecule has 2 saturated heterocycles. The molecule has 8 heteroatoms. The average molecular weight is 380 g/mol. The zero-order chi connectivity index (χ0) is 18.6. The van der Waals surface area contributed by atoms with Crippen molar-refractivity contribution in [3.63, 3.8) is 0 Å². The lowest BCUT2D eigenvalue weighted by Gasteiger charge is -2.32. The third-order valence-electron chi connectivity index (χ3n) is 4.87. The van der Waals surface area contributed by atoms with E-state index in [4.69, 9.17) is 4.74 Å². The maximum absolute atomic E-state index is 12.7. The van der Waals surface area contributed by atoms with Crippen molar-refractivity contribution in [2.45, 2.75) is 30.2 Å². The van der Waals surface area contributed by atoms with Gasteiger partial charge in [0.25, 0.3) is 0 Å². The maximum Gasteiger partial charge on any atom is 0.245 e. The van der Waals surface area contributed by atoms with Gasteiger partial charge in [0.05, 0.1) is 23.9 Å². The lowest BCUT2D eigenvalue weighted by molar-refractivity contribution is -0.146. The summed E-state index contributed by atoms with van der Waals surface area (Å²) in [6.45, 7) is 2.62. The summed E-state index contributed by atoms with van der Waals surface area (Å²) in [6, 6.07) is 7.65. The minimum absolute atomic E-state index is 0.0509. The number of carbonyl (C=O) groups excluding carboxylic acids is 2. The lowest BCUT2D eigenvalue weighted by atomic mass is 10.1. The molecule has 3 rings (SSSR count). The molecular formula is C18H24N2O5S. The molecule has 0 unspecified atom stereocenters. The third-order valence-corrected chi connectivity index (χ3v) is 6.60. The first kappa shape index (κ1) is 18.8. The highest BCUT2D eigenvalue weighted by atomic mass is 32.2. The summed E-state index contributed by atoms with van der Waals surface area (Å²) in [7, 11) is -3.50. The highest BCUT2D eigenvalue weighted by Crippen LogP contribution is 2.22. The number of hydrogen-bond acceptors (Lipinski definition) is 5. The molecule has 1 aromatic rings. The van der Waals surface area contributed by atoms with Gasteiger partial charge in [0, 0.05) is 26.1 Å². The Labute approximate surface area is 153 Å². The van der Waals surface area contributed by atoms with Crippen LogP contribution in [0.5, 0.6) is 0 Å². The quantitative estimate of drug-likeness (QED) is 0.751. The molecule has 2 aliphatic rings. The van der Waals surface area contributed by atoms with Gasteiger partial charge in [-0.2, -0.15) is 0 Å². The molecule has 26 heavy (non-hydrogen) atoms. The van der Waals surface area contributed by atoms with Crippen LogP contribution in [0.15, 0.2) is 35.2 Å². The van der Waals surface area contributed by atoms with E-state index in [2.05, 4.69) is 0 Å². The molecule has 0 bridgehead atoms. The predicted octanol–water partition coefficient (Wildman–Crippen LogP) is 0.700. The van der Waals surface area contributed by atoms with Crippen LogP contribution >= 0.6 is 0 Å². The number of morpholine rings is 1. The molecule has 0 radical (unpaired) electrons. The fraction of sp³-hybridized carbons (Fsp3) is 0.556. The topological polar surface area (TPSA) is 84.0 Å². The minimum Gasteiger partial charge on any atom is -0.378 e. The second-order valence-corrected chi connectivity index (χ2v) is 8.67. The van der Waals surface area contributed by atoms with Crippen molar-refractivity contribution < 1.29 is 22.7 Å². The van der Waals surface area contributed by atoms with Gasteiger partial charge in [-0.25, -0.2) is 8.42 Å². The molecule has 1 atom stereocenters. The summed E-state index contributed by atoms with van der Waals surface area (Å²) in [5, 5.41) is 0. The van der Waals surface area contributed by atoms with Crippen molar-refractivity contribution in [1.29, 1.82) is 0 Å². The Morgan fingerprint density at radius 2 is 1.77 bits per heavy atom. The average Bonchev–Trinajstić information content (AvgIpc) is 3.17. The summed E-state index contributed by atoms with van der Waals surface area (Å²) in [5.74, 6) is -0.566. The van der Waals surface area contributed by atoms with E-state index in [0.29, 0.717) is 39.3 Å². The van der Waals surface area contributed by atoms with E-state index in [1.807, 2.05) is 0 Å². The number of rotatable bonds is 5. The fourth-order valence-corrected chi connectivity index (χ4v) is 4.68. The monoisotopic (exact) mass is 380 g/mol. The molecule has 142 valence electrons. The van der Waals surface area contributed by atoms with Crippen LogP contribution in [0.1, 0.15) is 19.3 Å². The number of ether oxygens (including phenoxy) is 1. The van der Waals surface area contributed by atoms with Crippen molar-refractivity contribution in [3.8, 4) is 0 Å². The number of benzene rings is 1. The Bertz CT molecular complexity index is 744. The Morgan fingerprint density at radius 3 is 2.46 bits per heavy atom. The van der Waals surface area contributed by atoms with Gasteiger partial charge in [0.2, 0.25) is 11.8 Å². The van der Waals surface area contributed by atoms with Crippen LogP contribution in [0.4, 0.5) is 0 Å². The number of amides is 2. The molecule has 7 nitrogen and oxygen atoms in total. The second-order valence-electron chi connectivity index (χ2n) is 6.56. The summed E-state index contributed by atoms with van der Waals surface area (Å²) >= 11 is 0. The van der Waals surface area contributed by atoms with E-state index in [1.165, 1.54) is 12.1 Å². The van der Waals surface area contributed by atoms with Gasteiger partial charge in [-0.3, -0.25) is 9.59 Å². The Balaban J connectivity index is 1.60. The molecule has 0 N–H and O–H groups in total. The van der Waals surface area contributed by atoms with E-state index in [1.54, 1.807) is 28.0 Å². The smallest absolute Gasteiger partial charge is 0.245 e. The Morgan fingerprint density at radius 1 is 1.08 bits per heavy atom. The SMILES string of the molecule is O=C([C@@H]1CCCN1C(=O)CCS(=O)(=O)c1ccccc1)N1CCOCC1. The summed E-state index contributed by atoms with van der Waals surface area (Å²) < 4.78 is 30.0. The normalized spacial score (nSPS) is 21.0. The second kappa shape index (κ2) is 8.18. The van der Waals surface area contributed by atoms with Gasteiger partial charge in [0.15, 0.2) is 9.84 Å². The number of sulfone groups is 1. The fourth-order valence-electron chi connectivity index (χ4n) is 3.43. The lowest BCUT2D eigenvalue weighted by Crippen LogP contribution is -2.51. The third kappa shape index (κ3) is 4.24. The maximum atomic E-state index is 12.7. The van der Waals surface area contributed by atoms with E-state index in [0.717, 1.165) is 6.42 Å². The molecule has 1 aromatic carbocycles. The van der Waals surface area contributed by atoms with Crippen LogP contribution in [-0.2, 0) is 24.2 Å². The van der Waals surface area contributed by atoms with Crippen molar-refractivity contribution in [1.82, 2.24) is 9.80 Å². The Hall–Kier alpha value is -1.93. The van der Waals surface area contributed by atoms with E-state index >= 15 is 0 Å². The predicted molar refractivity (Wildman–Crippen MR) is 95.2 cm³/mol. The number of hydrogen-bond donors (Lipinski definition) is 0. The van der Waals surface area contributed by atoms with Gasteiger partial charge in [0.1, 0.15) is 6.04 Å². The number of carbonyl (C=O) groups is 2. The molecule has 0 saturated carbocycles. The largest absolute Gasteiger partial charge is 0.378 e. The summed E-state index contributed by atoms with van der Waals surface area (Å²) in [4.78, 5) is 28.8. The van der Waals surface area contributed by atoms with Crippen LogP contribution in [0, 0.1) is 0 Å². The first-order chi connectivity index (χ1) is 12.5. The van der Waals surface area contributed by atoms with E-state index in [9.17, 15) is 18.0 Å². The van der Waals surface area contributed by atoms with Crippen LogP contribution in [0.3, 0.4) is 0 Å². The van der Waals surface area contributed by atoms with Crippen LogP contribution in [0.25, 0.3) is 0 Å². The van der Waals surface area contributed by atoms with E-state index in [-0.39, 0.29) is 28.9 Å². The summed E-state index contributed by atoms with van der Waals surface area (Å²) in [5.41, 5.74) is 0. The van der Waals surface area contributed by atoms with Gasteiger partial charge >= 0.3 is 0 Å². The van der Waals surface area contributed by atoms with Gasteiger partial charge in [-0.15, -0.1) is 0 Å². The van der Waals surface area contributed by atoms with Crippen LogP contribution < -0.4 is 0 Å². The van der Waals surface area contributed by atoms with Crippen molar-refractivity contribution in [2.75, 3.05) is 38.6 Å². The molecule has 2 aliphatic heterocycles. The summed E-state index contributed by atoms with van der Waals surface area (Å²) in [6.07, 6.45) is 1.29. The standard InChI is InChI=1S/C18H24N2O5S/c21-17(8-14-26(23,24)15-5-2-1-3-6-15)20-9-4-7-16(20)18(22)19-10-12-25-13-11-19/h1-3,5-6,16H,4,7-14H2/t16-/m0/s1. The number of nitrogens with zero attached hydrogens (tertiary/aromatic N) is 2. The van der Waals surface area contributed by atoms with Gasteiger partial charge in [-0.1, -0.05) is 18.2 Å². The Kier molecular flexibility index (Phi) is 5.93. The van der Waals surface area contributed by atoms with Crippen molar-refractivity contribution >= 4 is 21.7 Å². The highest BCUT2D eigenvalue weighted by molar-refractivity contribution is 7.91.